The smallest absolute Gasteiger partial charge is 0.241 e. The van der Waals surface area contributed by atoms with E-state index in [1.165, 1.54) is 0 Å². The summed E-state index contributed by atoms with van der Waals surface area (Å²) in [6.07, 6.45) is 0. The van der Waals surface area contributed by atoms with Gasteiger partial charge in [-0.25, -0.2) is 13.1 Å². The Balaban J connectivity index is 2.45. The molecule has 27 heavy (non-hydrogen) atoms. The van der Waals surface area contributed by atoms with Crippen LogP contribution < -0.4 is 9.46 Å². The first-order chi connectivity index (χ1) is 12.5. The second kappa shape index (κ2) is 8.03. The standard InChI is InChI=1S/C22H31NO3S/c1-13(2)19-12-20(15(4)11-21(19)26-8)18(7)23-27(24,25)22-16(5)9-14(3)10-17(22)6/h9-13,18,23H,1-8H3/t18-/m0/s1. The van der Waals surface area contributed by atoms with Gasteiger partial charge in [0.2, 0.25) is 10.0 Å². The first kappa shape index (κ1) is 21.5. The lowest BCUT2D eigenvalue weighted by molar-refractivity contribution is 0.406. The molecule has 0 aliphatic heterocycles. The largest absolute Gasteiger partial charge is 0.496 e. The van der Waals surface area contributed by atoms with Crippen molar-refractivity contribution < 1.29 is 13.2 Å². The molecule has 0 heterocycles. The zero-order chi connectivity index (χ0) is 20.5. The van der Waals surface area contributed by atoms with E-state index in [1.54, 1.807) is 7.11 Å². The van der Waals surface area contributed by atoms with E-state index >= 15 is 0 Å². The number of hydrogen-bond acceptors (Lipinski definition) is 3. The molecule has 0 radical (unpaired) electrons. The topological polar surface area (TPSA) is 55.4 Å². The molecule has 1 N–H and O–H groups in total. The average Bonchev–Trinajstić information content (AvgIpc) is 2.51. The van der Waals surface area contributed by atoms with Crippen LogP contribution in [0, 0.1) is 27.7 Å². The minimum absolute atomic E-state index is 0.282. The highest BCUT2D eigenvalue weighted by molar-refractivity contribution is 7.89. The highest BCUT2D eigenvalue weighted by Gasteiger charge is 2.24. The zero-order valence-corrected chi connectivity index (χ0v) is 18.4. The molecule has 2 aromatic carbocycles. The molecule has 2 rings (SSSR count). The van der Waals surface area contributed by atoms with Gasteiger partial charge in [0.15, 0.2) is 0 Å². The molecule has 0 bridgehead atoms. The van der Waals surface area contributed by atoms with E-state index in [2.05, 4.69) is 24.6 Å². The Kier molecular flexibility index (Phi) is 6.38. The van der Waals surface area contributed by atoms with E-state index in [0.717, 1.165) is 39.1 Å². The summed E-state index contributed by atoms with van der Waals surface area (Å²) >= 11 is 0. The monoisotopic (exact) mass is 389 g/mol. The molecule has 0 unspecified atom stereocenters. The molecule has 1 atom stereocenters. The Hall–Kier alpha value is -1.85. The number of methoxy groups -OCH3 is 1. The molecule has 0 spiro atoms. The van der Waals surface area contributed by atoms with E-state index in [4.69, 9.17) is 4.74 Å². The minimum Gasteiger partial charge on any atom is -0.496 e. The molecule has 0 aromatic heterocycles. The van der Waals surface area contributed by atoms with Gasteiger partial charge in [-0.2, -0.15) is 0 Å². The maximum absolute atomic E-state index is 13.1. The van der Waals surface area contributed by atoms with Crippen LogP contribution in [0.25, 0.3) is 0 Å². The Bertz CT molecular complexity index is 923. The normalized spacial score (nSPS) is 13.1. The lowest BCUT2D eigenvalue weighted by atomic mass is 9.94. The van der Waals surface area contributed by atoms with Crippen LogP contribution in [0.4, 0.5) is 0 Å². The fourth-order valence-corrected chi connectivity index (χ4v) is 5.43. The van der Waals surface area contributed by atoms with Crippen LogP contribution in [-0.4, -0.2) is 15.5 Å². The Morgan fingerprint density at radius 2 is 1.41 bits per heavy atom. The van der Waals surface area contributed by atoms with Crippen molar-refractivity contribution in [1.29, 1.82) is 0 Å². The van der Waals surface area contributed by atoms with Crippen molar-refractivity contribution in [2.24, 2.45) is 0 Å². The molecular formula is C22H31NO3S. The van der Waals surface area contributed by atoms with Gasteiger partial charge in [0.05, 0.1) is 12.0 Å². The molecule has 4 nitrogen and oxygen atoms in total. The van der Waals surface area contributed by atoms with Crippen LogP contribution in [-0.2, 0) is 10.0 Å². The summed E-state index contributed by atoms with van der Waals surface area (Å²) in [5.41, 5.74) is 5.63. The van der Waals surface area contributed by atoms with E-state index in [0.29, 0.717) is 4.90 Å². The summed E-state index contributed by atoms with van der Waals surface area (Å²) in [5.74, 6) is 1.12. The van der Waals surface area contributed by atoms with Crippen LogP contribution in [0.5, 0.6) is 5.75 Å². The third-order valence-corrected chi connectivity index (χ3v) is 6.76. The first-order valence-corrected chi connectivity index (χ1v) is 10.7. The van der Waals surface area contributed by atoms with Gasteiger partial charge in [0.1, 0.15) is 5.75 Å². The number of rotatable bonds is 6. The van der Waals surface area contributed by atoms with Crippen LogP contribution in [0.3, 0.4) is 0 Å². The first-order valence-electron chi connectivity index (χ1n) is 9.26. The second-order valence-corrected chi connectivity index (χ2v) is 9.33. The third kappa shape index (κ3) is 4.53. The van der Waals surface area contributed by atoms with Crippen LogP contribution >= 0.6 is 0 Å². The fourth-order valence-electron chi connectivity index (χ4n) is 3.76. The predicted octanol–water partition coefficient (Wildman–Crippen LogP) is 5.09. The number of hydrogen-bond donors (Lipinski definition) is 1. The van der Waals surface area contributed by atoms with Crippen molar-refractivity contribution >= 4 is 10.0 Å². The van der Waals surface area contributed by atoms with Crippen molar-refractivity contribution in [3.63, 3.8) is 0 Å². The zero-order valence-electron chi connectivity index (χ0n) is 17.6. The molecule has 0 saturated carbocycles. The van der Waals surface area contributed by atoms with Gasteiger partial charge in [-0.05, 0) is 80.5 Å². The van der Waals surface area contributed by atoms with Gasteiger partial charge >= 0.3 is 0 Å². The maximum atomic E-state index is 13.1. The van der Waals surface area contributed by atoms with Crippen LogP contribution in [0.1, 0.15) is 66.1 Å². The summed E-state index contributed by atoms with van der Waals surface area (Å²) in [6, 6.07) is 7.50. The van der Waals surface area contributed by atoms with E-state index in [1.807, 2.05) is 52.8 Å². The number of sulfonamides is 1. The fraction of sp³-hybridized carbons (Fsp3) is 0.455. The van der Waals surface area contributed by atoms with Gasteiger partial charge in [-0.15, -0.1) is 0 Å². The number of benzene rings is 2. The Morgan fingerprint density at radius 3 is 1.89 bits per heavy atom. The molecule has 0 aliphatic rings. The summed E-state index contributed by atoms with van der Waals surface area (Å²) in [6.45, 7) is 13.7. The van der Waals surface area contributed by atoms with Crippen molar-refractivity contribution in [2.45, 2.75) is 65.3 Å². The van der Waals surface area contributed by atoms with Crippen molar-refractivity contribution in [1.82, 2.24) is 4.72 Å². The maximum Gasteiger partial charge on any atom is 0.241 e. The third-order valence-electron chi connectivity index (χ3n) is 4.91. The van der Waals surface area contributed by atoms with Gasteiger partial charge < -0.3 is 4.74 Å². The van der Waals surface area contributed by atoms with Gasteiger partial charge in [-0.1, -0.05) is 31.5 Å². The predicted molar refractivity (Wildman–Crippen MR) is 111 cm³/mol. The Morgan fingerprint density at radius 1 is 0.852 bits per heavy atom. The van der Waals surface area contributed by atoms with Crippen LogP contribution in [0.15, 0.2) is 29.2 Å². The summed E-state index contributed by atoms with van der Waals surface area (Å²) in [7, 11) is -1.97. The molecular weight excluding hydrogens is 358 g/mol. The number of ether oxygens (including phenoxy) is 1. The van der Waals surface area contributed by atoms with E-state index < -0.39 is 10.0 Å². The van der Waals surface area contributed by atoms with Crippen molar-refractivity contribution in [3.05, 3.63) is 57.6 Å². The summed E-state index contributed by atoms with van der Waals surface area (Å²) < 4.78 is 34.5. The molecule has 0 aliphatic carbocycles. The number of nitrogens with one attached hydrogen (secondary N) is 1. The molecule has 0 amide bonds. The number of aryl methyl sites for hydroxylation is 4. The van der Waals surface area contributed by atoms with Crippen LogP contribution in [0.2, 0.25) is 0 Å². The van der Waals surface area contributed by atoms with Gasteiger partial charge in [0, 0.05) is 6.04 Å². The molecule has 2 aromatic rings. The van der Waals surface area contributed by atoms with Crippen molar-refractivity contribution in [2.75, 3.05) is 7.11 Å². The summed E-state index contributed by atoms with van der Waals surface area (Å²) in [4.78, 5) is 0.371. The molecule has 0 saturated heterocycles. The second-order valence-electron chi connectivity index (χ2n) is 7.68. The highest BCUT2D eigenvalue weighted by Crippen LogP contribution is 2.33. The highest BCUT2D eigenvalue weighted by atomic mass is 32.2. The SMILES string of the molecule is COc1cc(C)c([C@H](C)NS(=O)(=O)c2c(C)cc(C)cc2C)cc1C(C)C. The Labute approximate surface area is 164 Å². The van der Waals surface area contributed by atoms with E-state index in [-0.39, 0.29) is 12.0 Å². The molecule has 5 heteroatoms. The minimum atomic E-state index is -3.63. The van der Waals surface area contributed by atoms with Gasteiger partial charge in [-0.3, -0.25) is 0 Å². The molecule has 148 valence electrons. The van der Waals surface area contributed by atoms with Crippen molar-refractivity contribution in [3.8, 4) is 5.75 Å². The lowest BCUT2D eigenvalue weighted by Gasteiger charge is -2.22. The lowest BCUT2D eigenvalue weighted by Crippen LogP contribution is -2.28. The quantitative estimate of drug-likeness (QED) is 0.748. The summed E-state index contributed by atoms with van der Waals surface area (Å²) in [5, 5.41) is 0. The molecule has 0 fully saturated rings. The van der Waals surface area contributed by atoms with E-state index in [9.17, 15) is 8.42 Å². The van der Waals surface area contributed by atoms with Gasteiger partial charge in [0.25, 0.3) is 0 Å². The average molecular weight is 390 g/mol.